The van der Waals surface area contributed by atoms with E-state index >= 15 is 0 Å². The van der Waals surface area contributed by atoms with Crippen LogP contribution in [0.1, 0.15) is 65.2 Å². The molecule has 0 unspecified atom stereocenters. The molecule has 0 aromatic heterocycles. The summed E-state index contributed by atoms with van der Waals surface area (Å²) in [5, 5.41) is 46.5. The van der Waals surface area contributed by atoms with Crippen LogP contribution in [0.15, 0.2) is 0 Å². The van der Waals surface area contributed by atoms with Crippen LogP contribution in [0.25, 0.3) is 0 Å². The van der Waals surface area contributed by atoms with Crippen molar-refractivity contribution < 1.29 is 68.1 Å². The van der Waals surface area contributed by atoms with Crippen molar-refractivity contribution in [3.05, 3.63) is 0 Å². The number of carbonyl (C=O) groups excluding carboxylic acids is 10. The number of carboxylic acids is 1. The van der Waals surface area contributed by atoms with Gasteiger partial charge in [-0.1, -0.05) is 13.3 Å². The van der Waals surface area contributed by atoms with Gasteiger partial charge in [-0.3, -0.25) is 47.9 Å². The molecular weight excluding hydrogens is 788 g/mol. The molecule has 7 atom stereocenters. The maximum Gasteiger partial charge on any atom is 0.326 e. The third-order valence-electron chi connectivity index (χ3n) is 8.12. The van der Waals surface area contributed by atoms with Gasteiger partial charge < -0.3 is 80.8 Å². The van der Waals surface area contributed by atoms with Crippen LogP contribution in [-0.2, 0) is 52.7 Å². The Kier molecular flexibility index (Phi) is 25.5. The number of hydrogen-bond donors (Lipinski definition) is 15. The normalized spacial score (nSPS) is 14.3. The van der Waals surface area contributed by atoms with E-state index in [4.69, 9.17) is 28.0 Å². The predicted molar refractivity (Wildman–Crippen MR) is 203 cm³/mol. The Morgan fingerprint density at radius 1 is 0.559 bits per heavy atom. The largest absolute Gasteiger partial charge is 0.480 e. The van der Waals surface area contributed by atoms with Gasteiger partial charge in [0.1, 0.15) is 36.3 Å². The van der Waals surface area contributed by atoms with Crippen molar-refractivity contribution in [3.63, 3.8) is 0 Å². The lowest BCUT2D eigenvalue weighted by molar-refractivity contribution is -0.144. The monoisotopic (exact) mass is 846 g/mol. The molecule has 0 saturated carbocycles. The van der Waals surface area contributed by atoms with E-state index in [9.17, 15) is 63.0 Å². The van der Waals surface area contributed by atoms with Gasteiger partial charge in [0.05, 0.1) is 38.8 Å². The molecule has 0 aliphatic heterocycles. The van der Waals surface area contributed by atoms with Crippen LogP contribution in [0, 0.1) is 0 Å². The second kappa shape index (κ2) is 28.4. The van der Waals surface area contributed by atoms with Gasteiger partial charge in [0.25, 0.3) is 0 Å². The number of aliphatic carboxylic acids is 1. The zero-order valence-corrected chi connectivity index (χ0v) is 32.9. The lowest BCUT2D eigenvalue weighted by Crippen LogP contribution is -2.59. The molecule has 19 N–H and O–H groups in total. The molecule has 0 aromatic rings. The number of primary amides is 2. The SMILES string of the molecule is CCC[C@H](NC(=O)[C@H](CO)NC(=O)[C@H](CCCCN)NC(=O)[C@H](C)NC(=O)[C@@H](N)CCC(N)=O)C(=O)NCC(=O)NCC(=O)N[C@@H](CO)C(=O)N[C@@H](CC(N)=O)C(=O)O. The number of amides is 10. The average molecular weight is 847 g/mol. The number of unbranched alkanes of at least 4 members (excludes halogenated alkanes) is 1. The van der Waals surface area contributed by atoms with Crippen LogP contribution < -0.4 is 65.5 Å². The first-order chi connectivity index (χ1) is 27.7. The number of nitrogens with one attached hydrogen (secondary N) is 8. The van der Waals surface area contributed by atoms with Crippen LogP contribution in [-0.4, -0.2) is 156 Å². The predicted octanol–water partition coefficient (Wildman–Crippen LogP) is -8.39. The summed E-state index contributed by atoms with van der Waals surface area (Å²) in [5.41, 5.74) is 21.3. The van der Waals surface area contributed by atoms with Crippen molar-refractivity contribution in [2.24, 2.45) is 22.9 Å². The Labute approximate surface area is 338 Å². The highest BCUT2D eigenvalue weighted by atomic mass is 16.4. The minimum absolute atomic E-state index is 0.0358. The first-order valence-electron chi connectivity index (χ1n) is 18.5. The second-order valence-electron chi connectivity index (χ2n) is 13.1. The maximum atomic E-state index is 13.3. The molecule has 0 fully saturated rings. The van der Waals surface area contributed by atoms with E-state index in [0.29, 0.717) is 19.3 Å². The fourth-order valence-corrected chi connectivity index (χ4v) is 4.81. The van der Waals surface area contributed by atoms with E-state index < -0.39 is 140 Å². The van der Waals surface area contributed by atoms with Crippen molar-refractivity contribution in [3.8, 4) is 0 Å². The van der Waals surface area contributed by atoms with Crippen molar-refractivity contribution in [1.29, 1.82) is 0 Å². The summed E-state index contributed by atoms with van der Waals surface area (Å²) in [6.45, 7) is -0.126. The van der Waals surface area contributed by atoms with E-state index in [0.717, 1.165) is 0 Å². The zero-order valence-electron chi connectivity index (χ0n) is 32.9. The Balaban J connectivity index is 5.36. The van der Waals surface area contributed by atoms with Gasteiger partial charge in [0.15, 0.2) is 0 Å². The molecule has 0 heterocycles. The minimum atomic E-state index is -1.74. The number of hydrogen-bond acceptors (Lipinski definition) is 15. The minimum Gasteiger partial charge on any atom is -0.480 e. The molecule has 334 valence electrons. The third kappa shape index (κ3) is 21.9. The summed E-state index contributed by atoms with van der Waals surface area (Å²) < 4.78 is 0. The summed E-state index contributed by atoms with van der Waals surface area (Å²) in [5.74, 6) is -10.7. The fraction of sp³-hybridized carbons (Fsp3) is 0.667. The van der Waals surface area contributed by atoms with Gasteiger partial charge in [-0.25, -0.2) is 4.79 Å². The van der Waals surface area contributed by atoms with Crippen LogP contribution in [0.2, 0.25) is 0 Å². The molecular formula is C33H58N12O14. The summed E-state index contributed by atoms with van der Waals surface area (Å²) in [4.78, 5) is 135. The summed E-state index contributed by atoms with van der Waals surface area (Å²) >= 11 is 0. The van der Waals surface area contributed by atoms with Gasteiger partial charge in [-0.05, 0) is 45.6 Å². The molecule has 0 radical (unpaired) electrons. The highest BCUT2D eigenvalue weighted by Gasteiger charge is 2.31. The van der Waals surface area contributed by atoms with Crippen molar-refractivity contribution in [1.82, 2.24) is 42.5 Å². The van der Waals surface area contributed by atoms with Crippen LogP contribution in [0.5, 0.6) is 0 Å². The number of carboxylic acid groups (broad SMARTS) is 1. The quantitative estimate of drug-likeness (QED) is 0.0299. The lowest BCUT2D eigenvalue weighted by Gasteiger charge is -2.25. The Morgan fingerprint density at radius 3 is 1.59 bits per heavy atom. The topological polar surface area (TPSA) is 449 Å². The van der Waals surface area contributed by atoms with Gasteiger partial charge in [-0.2, -0.15) is 0 Å². The average Bonchev–Trinajstić information content (AvgIpc) is 3.17. The van der Waals surface area contributed by atoms with Crippen molar-refractivity contribution >= 4 is 65.0 Å². The second-order valence-corrected chi connectivity index (χ2v) is 13.1. The zero-order chi connectivity index (χ0) is 45.2. The molecule has 59 heavy (non-hydrogen) atoms. The standard InChI is InChI=1S/C33H58N12O14/c1-3-6-18(29(54)39-12-25(50)38-13-26(51)41-21(14-46)31(56)44-20(33(58)59)11-24(37)49)43-32(57)22(15-47)45-30(55)19(7-4-5-10-34)42-27(52)16(2)40-28(53)17(35)8-9-23(36)48/h16-22,46-47H,3-15,34-35H2,1-2H3,(H2,36,48)(H2,37,49)(H,38,50)(H,39,54)(H,40,53)(H,41,51)(H,42,52)(H,43,57)(H,44,56)(H,45,55)(H,58,59)/t16-,17-,18-,19-,20-,21-,22-/m0/s1. The van der Waals surface area contributed by atoms with Crippen LogP contribution >= 0.6 is 0 Å². The maximum absolute atomic E-state index is 13.3. The van der Waals surface area contributed by atoms with Crippen molar-refractivity contribution in [2.75, 3.05) is 32.8 Å². The molecule has 0 spiro atoms. The first kappa shape index (κ1) is 53.0. The number of carbonyl (C=O) groups is 11. The molecule has 0 bridgehead atoms. The molecule has 26 heteroatoms. The number of aliphatic hydroxyl groups is 2. The molecule has 0 rings (SSSR count). The summed E-state index contributed by atoms with van der Waals surface area (Å²) in [7, 11) is 0. The Bertz CT molecular complexity index is 1500. The van der Waals surface area contributed by atoms with Gasteiger partial charge >= 0.3 is 5.97 Å². The fourth-order valence-electron chi connectivity index (χ4n) is 4.81. The van der Waals surface area contributed by atoms with Crippen LogP contribution in [0.3, 0.4) is 0 Å². The van der Waals surface area contributed by atoms with E-state index in [-0.39, 0.29) is 32.2 Å². The molecule has 26 nitrogen and oxygen atoms in total. The summed E-state index contributed by atoms with van der Waals surface area (Å²) in [6.07, 6.45) is 0.246. The Hall–Kier alpha value is -5.99. The summed E-state index contributed by atoms with van der Waals surface area (Å²) in [6, 6.07) is -9.90. The number of rotatable bonds is 30. The lowest BCUT2D eigenvalue weighted by atomic mass is 10.1. The molecule has 0 aliphatic carbocycles. The third-order valence-corrected chi connectivity index (χ3v) is 8.12. The first-order valence-corrected chi connectivity index (χ1v) is 18.5. The van der Waals surface area contributed by atoms with E-state index in [1.807, 2.05) is 5.32 Å². The van der Waals surface area contributed by atoms with Crippen molar-refractivity contribution in [2.45, 2.75) is 108 Å². The highest BCUT2D eigenvalue weighted by molar-refractivity contribution is 5.97. The Morgan fingerprint density at radius 2 is 1.07 bits per heavy atom. The van der Waals surface area contributed by atoms with Gasteiger partial charge in [0, 0.05) is 6.42 Å². The highest BCUT2D eigenvalue weighted by Crippen LogP contribution is 2.05. The smallest absolute Gasteiger partial charge is 0.326 e. The van der Waals surface area contributed by atoms with E-state index in [1.165, 1.54) is 6.92 Å². The van der Waals surface area contributed by atoms with Gasteiger partial charge in [-0.15, -0.1) is 0 Å². The number of nitrogens with two attached hydrogens (primary N) is 4. The van der Waals surface area contributed by atoms with E-state index in [1.54, 1.807) is 6.92 Å². The molecule has 0 aromatic carbocycles. The molecule has 0 aliphatic rings. The molecule has 0 saturated heterocycles. The van der Waals surface area contributed by atoms with E-state index in [2.05, 4.69) is 37.2 Å². The molecule has 10 amide bonds. The van der Waals surface area contributed by atoms with Crippen LogP contribution in [0.4, 0.5) is 0 Å². The van der Waals surface area contributed by atoms with Gasteiger partial charge in [0.2, 0.25) is 59.1 Å². The number of aliphatic hydroxyl groups excluding tert-OH is 2.